The largest absolute Gasteiger partial charge is 0.454 e. The van der Waals surface area contributed by atoms with Crippen molar-refractivity contribution in [2.45, 2.75) is 6.10 Å². The predicted molar refractivity (Wildman–Crippen MR) is 89.8 cm³/mol. The van der Waals surface area contributed by atoms with Crippen molar-refractivity contribution in [1.82, 2.24) is 14.6 Å². The van der Waals surface area contributed by atoms with Gasteiger partial charge in [0.15, 0.2) is 11.4 Å². The van der Waals surface area contributed by atoms with E-state index in [4.69, 9.17) is 9.52 Å². The van der Waals surface area contributed by atoms with Crippen LogP contribution in [-0.4, -0.2) is 44.1 Å². The Bertz CT molecular complexity index is 959. The van der Waals surface area contributed by atoms with Crippen molar-refractivity contribution in [1.29, 1.82) is 0 Å². The normalized spacial score (nSPS) is 12.8. The van der Waals surface area contributed by atoms with Gasteiger partial charge >= 0.3 is 0 Å². The van der Waals surface area contributed by atoms with E-state index in [-0.39, 0.29) is 13.2 Å². The van der Waals surface area contributed by atoms with E-state index in [0.717, 1.165) is 16.7 Å². The van der Waals surface area contributed by atoms with E-state index in [1.54, 1.807) is 16.8 Å². The predicted octanol–water partition coefficient (Wildman–Crippen LogP) is 1.91. The molecule has 0 aliphatic carbocycles. The van der Waals surface area contributed by atoms with Gasteiger partial charge in [0, 0.05) is 11.9 Å². The Balaban J connectivity index is 1.72. The van der Waals surface area contributed by atoms with Gasteiger partial charge in [-0.25, -0.2) is 9.50 Å². The number of furan rings is 1. The van der Waals surface area contributed by atoms with Crippen LogP contribution in [0.25, 0.3) is 28.1 Å². The molecule has 0 fully saturated rings. The van der Waals surface area contributed by atoms with E-state index in [1.165, 1.54) is 0 Å². The molecule has 122 valence electrons. The maximum absolute atomic E-state index is 9.43. The first-order valence-corrected chi connectivity index (χ1v) is 7.61. The lowest BCUT2D eigenvalue weighted by molar-refractivity contribution is 0.105. The van der Waals surface area contributed by atoms with Crippen LogP contribution in [0.5, 0.6) is 0 Å². The fourth-order valence-electron chi connectivity index (χ4n) is 2.53. The number of aliphatic hydroxyl groups is 2. The summed E-state index contributed by atoms with van der Waals surface area (Å²) in [4.78, 5) is 4.34. The molecule has 0 radical (unpaired) electrons. The third-order valence-electron chi connectivity index (χ3n) is 3.77. The Morgan fingerprint density at radius 2 is 2.08 bits per heavy atom. The Morgan fingerprint density at radius 1 is 1.21 bits per heavy atom. The third-order valence-corrected chi connectivity index (χ3v) is 3.77. The monoisotopic (exact) mass is 324 g/mol. The van der Waals surface area contributed by atoms with Crippen molar-refractivity contribution in [3.63, 3.8) is 0 Å². The lowest BCUT2D eigenvalue weighted by atomic mass is 10.2. The van der Waals surface area contributed by atoms with Crippen molar-refractivity contribution in [2.24, 2.45) is 0 Å². The molecule has 0 bridgehead atoms. The van der Waals surface area contributed by atoms with Crippen LogP contribution in [0, 0.1) is 0 Å². The molecule has 24 heavy (non-hydrogen) atoms. The van der Waals surface area contributed by atoms with Crippen molar-refractivity contribution >= 4 is 22.4 Å². The number of fused-ring (bicyclic) bond motifs is 2. The fourth-order valence-corrected chi connectivity index (χ4v) is 2.53. The topological polar surface area (TPSA) is 95.8 Å². The fraction of sp³-hybridized carbons (Fsp3) is 0.176. The van der Waals surface area contributed by atoms with E-state index in [0.29, 0.717) is 17.2 Å². The first-order chi connectivity index (χ1) is 11.7. The lowest BCUT2D eigenvalue weighted by Gasteiger charge is -2.09. The number of anilines is 1. The summed E-state index contributed by atoms with van der Waals surface area (Å²) in [7, 11) is 0. The highest BCUT2D eigenvalue weighted by molar-refractivity contribution is 5.82. The van der Waals surface area contributed by atoms with Crippen LogP contribution in [-0.2, 0) is 0 Å². The summed E-state index contributed by atoms with van der Waals surface area (Å²) in [5, 5.41) is 26.8. The van der Waals surface area contributed by atoms with Gasteiger partial charge in [0.1, 0.15) is 17.1 Å². The SMILES string of the molecule is OC[C@H](O)CNc1ccc2ncc(-c3cc4ccccc4o3)n2n1. The van der Waals surface area contributed by atoms with Gasteiger partial charge in [-0.1, -0.05) is 18.2 Å². The maximum atomic E-state index is 9.43. The lowest BCUT2D eigenvalue weighted by Crippen LogP contribution is -2.23. The number of nitrogens with zero attached hydrogens (tertiary/aromatic N) is 3. The number of imidazole rings is 1. The van der Waals surface area contributed by atoms with E-state index in [2.05, 4.69) is 15.4 Å². The standard InChI is InChI=1S/C17H16N4O3/c22-10-12(23)8-18-16-5-6-17-19-9-13(21(17)20-16)15-7-11-3-1-2-4-14(11)24-15/h1-7,9,12,22-23H,8,10H2,(H,18,20)/t12-/m1/s1. The van der Waals surface area contributed by atoms with Crippen molar-refractivity contribution in [2.75, 3.05) is 18.5 Å². The van der Waals surface area contributed by atoms with Crippen LogP contribution in [0.3, 0.4) is 0 Å². The summed E-state index contributed by atoms with van der Waals surface area (Å²) in [6.07, 6.45) is 0.881. The Labute approximate surface area is 137 Å². The molecule has 0 aliphatic rings. The molecule has 7 nitrogen and oxygen atoms in total. The van der Waals surface area contributed by atoms with E-state index >= 15 is 0 Å². The molecule has 3 N–H and O–H groups in total. The van der Waals surface area contributed by atoms with Crippen molar-refractivity contribution in [3.8, 4) is 11.5 Å². The molecule has 4 aromatic rings. The molecule has 0 saturated carbocycles. The van der Waals surface area contributed by atoms with Crippen LogP contribution in [0.1, 0.15) is 0 Å². The molecular formula is C17H16N4O3. The molecule has 1 aromatic carbocycles. The molecule has 0 spiro atoms. The second kappa shape index (κ2) is 5.95. The van der Waals surface area contributed by atoms with Gasteiger partial charge in [-0.2, -0.15) is 0 Å². The minimum absolute atomic E-state index is 0.212. The summed E-state index contributed by atoms with van der Waals surface area (Å²) in [6, 6.07) is 13.3. The molecule has 0 aliphatic heterocycles. The average Bonchev–Trinajstić information content (AvgIpc) is 3.22. The van der Waals surface area contributed by atoms with Crippen LogP contribution in [0.15, 0.2) is 53.1 Å². The summed E-state index contributed by atoms with van der Waals surface area (Å²) in [6.45, 7) is -0.0891. The van der Waals surface area contributed by atoms with Gasteiger partial charge in [0.05, 0.1) is 18.9 Å². The number of aliphatic hydroxyl groups excluding tert-OH is 2. The number of hydrogen-bond acceptors (Lipinski definition) is 6. The number of hydrogen-bond donors (Lipinski definition) is 3. The van der Waals surface area contributed by atoms with Crippen LogP contribution in [0.4, 0.5) is 5.82 Å². The van der Waals surface area contributed by atoms with Gasteiger partial charge in [-0.3, -0.25) is 0 Å². The maximum Gasteiger partial charge on any atom is 0.155 e. The summed E-state index contributed by atoms with van der Waals surface area (Å²) in [5.74, 6) is 1.26. The second-order valence-electron chi connectivity index (χ2n) is 5.50. The first-order valence-electron chi connectivity index (χ1n) is 7.61. The van der Waals surface area contributed by atoms with Gasteiger partial charge in [0.25, 0.3) is 0 Å². The van der Waals surface area contributed by atoms with Crippen molar-refractivity contribution in [3.05, 3.63) is 48.7 Å². The smallest absolute Gasteiger partial charge is 0.155 e. The van der Waals surface area contributed by atoms with E-state index < -0.39 is 6.10 Å². The molecule has 4 rings (SSSR count). The number of rotatable bonds is 5. The molecular weight excluding hydrogens is 308 g/mol. The zero-order chi connectivity index (χ0) is 16.5. The van der Waals surface area contributed by atoms with Crippen molar-refractivity contribution < 1.29 is 14.6 Å². The zero-order valence-corrected chi connectivity index (χ0v) is 12.8. The minimum Gasteiger partial charge on any atom is -0.454 e. The van der Waals surface area contributed by atoms with Gasteiger partial charge in [-0.15, -0.1) is 5.10 Å². The molecule has 7 heteroatoms. The molecule has 0 unspecified atom stereocenters. The van der Waals surface area contributed by atoms with Crippen LogP contribution >= 0.6 is 0 Å². The first kappa shape index (κ1) is 14.7. The molecule has 1 atom stereocenters. The number of para-hydroxylation sites is 1. The van der Waals surface area contributed by atoms with E-state index in [1.807, 2.05) is 36.4 Å². The quantitative estimate of drug-likeness (QED) is 0.519. The number of benzene rings is 1. The average molecular weight is 324 g/mol. The summed E-state index contributed by atoms with van der Waals surface area (Å²) in [5.41, 5.74) is 2.24. The Morgan fingerprint density at radius 3 is 2.92 bits per heavy atom. The molecule has 0 saturated heterocycles. The van der Waals surface area contributed by atoms with Crippen LogP contribution < -0.4 is 5.32 Å². The zero-order valence-electron chi connectivity index (χ0n) is 12.8. The molecule has 3 heterocycles. The highest BCUT2D eigenvalue weighted by atomic mass is 16.3. The van der Waals surface area contributed by atoms with E-state index in [9.17, 15) is 5.11 Å². The van der Waals surface area contributed by atoms with Crippen LogP contribution in [0.2, 0.25) is 0 Å². The number of nitrogens with one attached hydrogen (secondary N) is 1. The third kappa shape index (κ3) is 2.60. The molecule has 3 aromatic heterocycles. The highest BCUT2D eigenvalue weighted by Crippen LogP contribution is 2.28. The Kier molecular flexibility index (Phi) is 3.64. The second-order valence-corrected chi connectivity index (χ2v) is 5.50. The summed E-state index contributed by atoms with van der Waals surface area (Å²) < 4.78 is 7.57. The number of aromatic nitrogens is 3. The Hall–Kier alpha value is -2.90. The molecule has 0 amide bonds. The highest BCUT2D eigenvalue weighted by Gasteiger charge is 2.13. The minimum atomic E-state index is -0.833. The van der Waals surface area contributed by atoms with Gasteiger partial charge < -0.3 is 19.9 Å². The van der Waals surface area contributed by atoms with Gasteiger partial charge in [-0.05, 0) is 24.3 Å². The summed E-state index contributed by atoms with van der Waals surface area (Å²) >= 11 is 0. The van der Waals surface area contributed by atoms with Gasteiger partial charge in [0.2, 0.25) is 0 Å².